The van der Waals surface area contributed by atoms with Crippen molar-refractivity contribution in [2.75, 3.05) is 20.2 Å². The summed E-state index contributed by atoms with van der Waals surface area (Å²) >= 11 is 0. The molecule has 0 bridgehead atoms. The second-order valence-electron chi connectivity index (χ2n) is 7.60. The van der Waals surface area contributed by atoms with Gasteiger partial charge in [0.25, 0.3) is 0 Å². The standard InChI is InChI=1S/C22H24FN3O3/c1-15-7-10-24(11-8-15)21(27)14-26-18-9-12-25(17-5-3-16(23)4-6-17)19(18)13-20(26)22(28)29-2/h3-6,9,12-13,15H,7-8,10-11,14H2,1-2H3. The molecule has 2 aromatic heterocycles. The first-order chi connectivity index (χ1) is 14.0. The van der Waals surface area contributed by atoms with Gasteiger partial charge in [0.15, 0.2) is 0 Å². The van der Waals surface area contributed by atoms with Crippen molar-refractivity contribution in [3.05, 3.63) is 54.1 Å². The van der Waals surface area contributed by atoms with Crippen LogP contribution in [0.4, 0.5) is 4.39 Å². The lowest BCUT2D eigenvalue weighted by atomic mass is 9.99. The molecule has 3 heterocycles. The lowest BCUT2D eigenvalue weighted by Gasteiger charge is -2.30. The van der Waals surface area contributed by atoms with Gasteiger partial charge in [-0.25, -0.2) is 9.18 Å². The number of piperidine rings is 1. The summed E-state index contributed by atoms with van der Waals surface area (Å²) in [6.45, 7) is 3.77. The number of rotatable bonds is 4. The van der Waals surface area contributed by atoms with Crippen LogP contribution in [-0.2, 0) is 16.1 Å². The summed E-state index contributed by atoms with van der Waals surface area (Å²) in [6, 6.07) is 9.70. The van der Waals surface area contributed by atoms with Crippen LogP contribution < -0.4 is 0 Å². The summed E-state index contributed by atoms with van der Waals surface area (Å²) in [5.41, 5.74) is 2.62. The van der Waals surface area contributed by atoms with Crippen molar-refractivity contribution in [3.63, 3.8) is 0 Å². The smallest absolute Gasteiger partial charge is 0.354 e. The fourth-order valence-corrected chi connectivity index (χ4v) is 3.91. The zero-order valence-corrected chi connectivity index (χ0v) is 16.6. The monoisotopic (exact) mass is 397 g/mol. The molecule has 0 aliphatic carbocycles. The van der Waals surface area contributed by atoms with Crippen LogP contribution in [0.25, 0.3) is 16.7 Å². The molecule has 1 fully saturated rings. The van der Waals surface area contributed by atoms with Gasteiger partial charge in [-0.15, -0.1) is 0 Å². The number of carbonyl (C=O) groups excluding carboxylic acids is 2. The average molecular weight is 397 g/mol. The normalized spacial score (nSPS) is 15.1. The zero-order chi connectivity index (χ0) is 20.5. The molecule has 4 rings (SSSR count). The molecule has 0 N–H and O–H groups in total. The molecule has 1 amide bonds. The Balaban J connectivity index is 1.71. The van der Waals surface area contributed by atoms with Crippen molar-refractivity contribution in [3.8, 4) is 5.69 Å². The minimum Gasteiger partial charge on any atom is -0.464 e. The Morgan fingerprint density at radius 1 is 1.10 bits per heavy atom. The number of carbonyl (C=O) groups is 2. The molecule has 3 aromatic rings. The van der Waals surface area contributed by atoms with Crippen LogP contribution in [0, 0.1) is 11.7 Å². The van der Waals surface area contributed by atoms with Crippen LogP contribution >= 0.6 is 0 Å². The van der Waals surface area contributed by atoms with Gasteiger partial charge in [-0.05, 0) is 55.2 Å². The number of amides is 1. The number of nitrogens with zero attached hydrogens (tertiary/aromatic N) is 3. The molecule has 0 spiro atoms. The fraction of sp³-hybridized carbons (Fsp3) is 0.364. The Hall–Kier alpha value is -3.09. The fourth-order valence-electron chi connectivity index (χ4n) is 3.91. The number of halogens is 1. The Bertz CT molecular complexity index is 1040. The molecule has 0 saturated carbocycles. The van der Waals surface area contributed by atoms with Crippen molar-refractivity contribution in [2.24, 2.45) is 5.92 Å². The highest BCUT2D eigenvalue weighted by atomic mass is 19.1. The maximum atomic E-state index is 13.3. The highest BCUT2D eigenvalue weighted by Gasteiger charge is 2.25. The molecule has 7 heteroatoms. The summed E-state index contributed by atoms with van der Waals surface area (Å²) in [4.78, 5) is 27.1. The van der Waals surface area contributed by atoms with Crippen LogP contribution in [0.1, 0.15) is 30.3 Å². The first-order valence-electron chi connectivity index (χ1n) is 9.80. The average Bonchev–Trinajstić information content (AvgIpc) is 3.29. The van der Waals surface area contributed by atoms with Crippen molar-refractivity contribution >= 4 is 22.9 Å². The third kappa shape index (κ3) is 3.64. The number of methoxy groups -OCH3 is 1. The molecular weight excluding hydrogens is 373 g/mol. The zero-order valence-electron chi connectivity index (χ0n) is 16.6. The Morgan fingerprint density at radius 3 is 2.45 bits per heavy atom. The predicted octanol–water partition coefficient (Wildman–Crippen LogP) is 3.62. The van der Waals surface area contributed by atoms with E-state index in [4.69, 9.17) is 4.74 Å². The van der Waals surface area contributed by atoms with Gasteiger partial charge in [-0.2, -0.15) is 0 Å². The van der Waals surface area contributed by atoms with E-state index in [-0.39, 0.29) is 18.3 Å². The largest absolute Gasteiger partial charge is 0.464 e. The highest BCUT2D eigenvalue weighted by molar-refractivity contribution is 5.96. The van der Waals surface area contributed by atoms with Gasteiger partial charge in [0.05, 0.1) is 18.1 Å². The molecule has 1 saturated heterocycles. The van der Waals surface area contributed by atoms with Gasteiger partial charge in [0, 0.05) is 25.0 Å². The highest BCUT2D eigenvalue weighted by Crippen LogP contribution is 2.26. The molecule has 29 heavy (non-hydrogen) atoms. The number of fused-ring (bicyclic) bond motifs is 1. The molecule has 1 aliphatic rings. The maximum Gasteiger partial charge on any atom is 0.354 e. The van der Waals surface area contributed by atoms with Gasteiger partial charge in [-0.1, -0.05) is 6.92 Å². The summed E-state index contributed by atoms with van der Waals surface area (Å²) in [5, 5.41) is 0. The summed E-state index contributed by atoms with van der Waals surface area (Å²) < 4.78 is 21.8. The number of likely N-dealkylation sites (tertiary alicyclic amines) is 1. The molecule has 1 aromatic carbocycles. The van der Waals surface area contributed by atoms with E-state index in [2.05, 4.69) is 6.92 Å². The maximum absolute atomic E-state index is 13.3. The van der Waals surface area contributed by atoms with E-state index in [9.17, 15) is 14.0 Å². The Kier molecular flexibility index (Phi) is 5.13. The van der Waals surface area contributed by atoms with Gasteiger partial charge < -0.3 is 18.8 Å². The van der Waals surface area contributed by atoms with E-state index in [1.807, 2.05) is 21.7 Å². The third-order valence-corrected chi connectivity index (χ3v) is 5.69. The van der Waals surface area contributed by atoms with E-state index in [0.717, 1.165) is 42.7 Å². The van der Waals surface area contributed by atoms with Crippen molar-refractivity contribution in [1.29, 1.82) is 0 Å². The number of benzene rings is 1. The number of aromatic nitrogens is 2. The van der Waals surface area contributed by atoms with Crippen molar-refractivity contribution < 1.29 is 18.7 Å². The SMILES string of the molecule is COC(=O)c1cc2c(ccn2-c2ccc(F)cc2)n1CC(=O)N1CCC(C)CC1. The van der Waals surface area contributed by atoms with E-state index in [0.29, 0.717) is 11.6 Å². The number of ether oxygens (including phenoxy) is 1. The number of hydrogen-bond acceptors (Lipinski definition) is 3. The topological polar surface area (TPSA) is 56.5 Å². The minimum atomic E-state index is -0.494. The molecule has 1 aliphatic heterocycles. The molecule has 0 atom stereocenters. The van der Waals surface area contributed by atoms with Crippen LogP contribution in [0.5, 0.6) is 0 Å². The summed E-state index contributed by atoms with van der Waals surface area (Å²) in [5.74, 6) is -0.180. The van der Waals surface area contributed by atoms with Crippen LogP contribution in [0.3, 0.4) is 0 Å². The van der Waals surface area contributed by atoms with E-state index in [1.165, 1.54) is 19.2 Å². The van der Waals surface area contributed by atoms with Crippen LogP contribution in [-0.4, -0.2) is 46.1 Å². The number of esters is 1. The van der Waals surface area contributed by atoms with Crippen molar-refractivity contribution in [1.82, 2.24) is 14.0 Å². The van der Waals surface area contributed by atoms with Gasteiger partial charge in [0.2, 0.25) is 5.91 Å². The van der Waals surface area contributed by atoms with Gasteiger partial charge in [-0.3, -0.25) is 4.79 Å². The molecule has 0 radical (unpaired) electrons. The molecular formula is C22H24FN3O3. The number of hydrogen-bond donors (Lipinski definition) is 0. The summed E-state index contributed by atoms with van der Waals surface area (Å²) in [7, 11) is 1.33. The second kappa shape index (κ2) is 7.73. The lowest BCUT2D eigenvalue weighted by molar-refractivity contribution is -0.133. The minimum absolute atomic E-state index is 0.00548. The van der Waals surface area contributed by atoms with Gasteiger partial charge in [0.1, 0.15) is 18.1 Å². The quantitative estimate of drug-likeness (QED) is 0.632. The first kappa shape index (κ1) is 19.2. The summed E-state index contributed by atoms with van der Waals surface area (Å²) in [6.07, 6.45) is 3.85. The van der Waals surface area contributed by atoms with Gasteiger partial charge >= 0.3 is 5.97 Å². The molecule has 6 nitrogen and oxygen atoms in total. The Labute approximate surface area is 168 Å². The van der Waals surface area contributed by atoms with E-state index in [1.54, 1.807) is 22.8 Å². The van der Waals surface area contributed by atoms with Crippen molar-refractivity contribution in [2.45, 2.75) is 26.3 Å². The Morgan fingerprint density at radius 2 is 1.79 bits per heavy atom. The van der Waals surface area contributed by atoms with Crippen LogP contribution in [0.15, 0.2) is 42.6 Å². The third-order valence-electron chi connectivity index (χ3n) is 5.69. The lowest BCUT2D eigenvalue weighted by Crippen LogP contribution is -2.40. The van der Waals surface area contributed by atoms with E-state index >= 15 is 0 Å². The molecule has 0 unspecified atom stereocenters. The first-order valence-corrected chi connectivity index (χ1v) is 9.80. The van der Waals surface area contributed by atoms with Crippen LogP contribution in [0.2, 0.25) is 0 Å². The predicted molar refractivity (Wildman–Crippen MR) is 108 cm³/mol. The van der Waals surface area contributed by atoms with E-state index < -0.39 is 5.97 Å². The molecule has 152 valence electrons. The second-order valence-corrected chi connectivity index (χ2v) is 7.60.